The molecule has 0 amide bonds. The Labute approximate surface area is 97.0 Å². The van der Waals surface area contributed by atoms with Crippen LogP contribution in [-0.2, 0) is 4.79 Å². The smallest absolute Gasteiger partial charge is 0.305 e. The summed E-state index contributed by atoms with van der Waals surface area (Å²) in [6, 6.07) is 0. The first kappa shape index (κ1) is 11.9. The van der Waals surface area contributed by atoms with Gasteiger partial charge in [-0.3, -0.25) is 9.69 Å². The average molecular weight is 226 g/mol. The molecule has 0 spiro atoms. The lowest BCUT2D eigenvalue weighted by atomic mass is 9.78. The molecule has 0 aromatic rings. The molecule has 0 unspecified atom stereocenters. The van der Waals surface area contributed by atoms with E-state index >= 15 is 0 Å². The van der Waals surface area contributed by atoms with E-state index in [1.165, 1.54) is 12.8 Å². The van der Waals surface area contributed by atoms with Gasteiger partial charge in [-0.25, -0.2) is 0 Å². The molecule has 2 fully saturated rings. The zero-order chi connectivity index (χ0) is 11.8. The first-order valence-corrected chi connectivity index (χ1v) is 6.11. The molecule has 2 heterocycles. The molecule has 0 saturated carbocycles. The topological polar surface area (TPSA) is 52.6 Å². The van der Waals surface area contributed by atoms with E-state index in [4.69, 9.17) is 5.11 Å². The molecule has 4 nitrogen and oxygen atoms in total. The van der Waals surface area contributed by atoms with Crippen LogP contribution in [0, 0.1) is 5.41 Å². The number of piperidine rings is 1. The van der Waals surface area contributed by atoms with Gasteiger partial charge in [-0.15, -0.1) is 0 Å². The second-order valence-corrected chi connectivity index (χ2v) is 6.05. The molecule has 0 aromatic carbocycles. The summed E-state index contributed by atoms with van der Waals surface area (Å²) >= 11 is 0. The second kappa shape index (κ2) is 4.00. The number of aliphatic carboxylic acids is 1. The highest BCUT2D eigenvalue weighted by molar-refractivity contribution is 5.68. The first-order chi connectivity index (χ1) is 7.44. The maximum atomic E-state index is 10.9. The maximum absolute atomic E-state index is 10.9. The SMILES string of the molecule is CC1(C)CCN(C2(CC(=O)O)CNC2)CC1. The maximum Gasteiger partial charge on any atom is 0.305 e. The van der Waals surface area contributed by atoms with Crippen molar-refractivity contribution in [3.63, 3.8) is 0 Å². The van der Waals surface area contributed by atoms with Gasteiger partial charge in [0.05, 0.1) is 12.0 Å². The van der Waals surface area contributed by atoms with E-state index in [1.54, 1.807) is 0 Å². The van der Waals surface area contributed by atoms with Crippen molar-refractivity contribution in [1.29, 1.82) is 0 Å². The van der Waals surface area contributed by atoms with Crippen molar-refractivity contribution in [1.82, 2.24) is 10.2 Å². The molecule has 0 bridgehead atoms. The number of nitrogens with zero attached hydrogens (tertiary/aromatic N) is 1. The Balaban J connectivity index is 1.98. The van der Waals surface area contributed by atoms with E-state index in [2.05, 4.69) is 24.1 Å². The summed E-state index contributed by atoms with van der Waals surface area (Å²) in [5, 5.41) is 12.2. The fourth-order valence-electron chi connectivity index (χ4n) is 2.74. The fourth-order valence-corrected chi connectivity index (χ4v) is 2.74. The van der Waals surface area contributed by atoms with E-state index < -0.39 is 5.97 Å². The molecule has 0 atom stereocenters. The summed E-state index contributed by atoms with van der Waals surface area (Å²) in [7, 11) is 0. The number of likely N-dealkylation sites (tertiary alicyclic amines) is 1. The average Bonchev–Trinajstić information content (AvgIpc) is 2.11. The van der Waals surface area contributed by atoms with Gasteiger partial charge in [0.15, 0.2) is 0 Å². The lowest BCUT2D eigenvalue weighted by molar-refractivity contribution is -0.142. The molecular formula is C12H22N2O2. The van der Waals surface area contributed by atoms with Gasteiger partial charge >= 0.3 is 5.97 Å². The molecule has 92 valence electrons. The predicted molar refractivity (Wildman–Crippen MR) is 62.4 cm³/mol. The molecular weight excluding hydrogens is 204 g/mol. The van der Waals surface area contributed by atoms with Crippen molar-refractivity contribution >= 4 is 5.97 Å². The standard InChI is InChI=1S/C12H22N2O2/c1-11(2)3-5-14(6-4-11)12(7-10(15)16)8-13-9-12/h13H,3-9H2,1-2H3,(H,15,16). The Morgan fingerprint density at radius 1 is 1.31 bits per heavy atom. The molecule has 16 heavy (non-hydrogen) atoms. The van der Waals surface area contributed by atoms with Crippen LogP contribution in [0.2, 0.25) is 0 Å². The van der Waals surface area contributed by atoms with Gasteiger partial charge in [0.2, 0.25) is 0 Å². The number of hydrogen-bond acceptors (Lipinski definition) is 3. The Hall–Kier alpha value is -0.610. The van der Waals surface area contributed by atoms with Crippen LogP contribution in [0.4, 0.5) is 0 Å². The van der Waals surface area contributed by atoms with Crippen molar-refractivity contribution < 1.29 is 9.90 Å². The van der Waals surface area contributed by atoms with Crippen LogP contribution in [0.15, 0.2) is 0 Å². The van der Waals surface area contributed by atoms with Crippen LogP contribution >= 0.6 is 0 Å². The van der Waals surface area contributed by atoms with Crippen LogP contribution in [0.1, 0.15) is 33.1 Å². The van der Waals surface area contributed by atoms with Crippen LogP contribution in [0.3, 0.4) is 0 Å². The molecule has 4 heteroatoms. The van der Waals surface area contributed by atoms with Gasteiger partial charge in [-0.05, 0) is 31.3 Å². The highest BCUT2D eigenvalue weighted by Gasteiger charge is 2.45. The van der Waals surface area contributed by atoms with Gasteiger partial charge in [0, 0.05) is 13.1 Å². The summed E-state index contributed by atoms with van der Waals surface area (Å²) in [6.45, 7) is 8.35. The summed E-state index contributed by atoms with van der Waals surface area (Å²) < 4.78 is 0. The predicted octanol–water partition coefficient (Wildman–Crippen LogP) is 0.925. The number of hydrogen-bond donors (Lipinski definition) is 2. The third kappa shape index (κ3) is 2.23. The first-order valence-electron chi connectivity index (χ1n) is 6.11. The van der Waals surface area contributed by atoms with Gasteiger partial charge in [0.25, 0.3) is 0 Å². The van der Waals surface area contributed by atoms with Crippen LogP contribution in [-0.4, -0.2) is 47.7 Å². The normalized spacial score (nSPS) is 28.4. The second-order valence-electron chi connectivity index (χ2n) is 6.05. The van der Waals surface area contributed by atoms with Crippen LogP contribution in [0.5, 0.6) is 0 Å². The van der Waals surface area contributed by atoms with E-state index in [1.807, 2.05) is 0 Å². The Morgan fingerprint density at radius 3 is 2.25 bits per heavy atom. The Morgan fingerprint density at radius 2 is 1.88 bits per heavy atom. The lowest BCUT2D eigenvalue weighted by Crippen LogP contribution is -2.70. The van der Waals surface area contributed by atoms with Crippen LogP contribution in [0.25, 0.3) is 0 Å². The number of nitrogens with one attached hydrogen (secondary N) is 1. The minimum Gasteiger partial charge on any atom is -0.481 e. The van der Waals surface area contributed by atoms with Crippen LogP contribution < -0.4 is 5.32 Å². The number of carboxylic acid groups (broad SMARTS) is 1. The minimum atomic E-state index is -0.675. The lowest BCUT2D eigenvalue weighted by Gasteiger charge is -2.53. The number of carbonyl (C=O) groups is 1. The third-order valence-corrected chi connectivity index (χ3v) is 4.18. The highest BCUT2D eigenvalue weighted by atomic mass is 16.4. The molecule has 2 saturated heterocycles. The summed E-state index contributed by atoms with van der Waals surface area (Å²) in [5.74, 6) is -0.675. The van der Waals surface area contributed by atoms with Gasteiger partial charge in [-0.1, -0.05) is 13.8 Å². The number of carboxylic acids is 1. The molecule has 2 aliphatic heterocycles. The zero-order valence-corrected chi connectivity index (χ0v) is 10.3. The van der Waals surface area contributed by atoms with Gasteiger partial charge in [-0.2, -0.15) is 0 Å². The van der Waals surface area contributed by atoms with Crippen molar-refractivity contribution in [3.8, 4) is 0 Å². The molecule has 0 radical (unpaired) electrons. The van der Waals surface area contributed by atoms with E-state index in [9.17, 15) is 4.79 Å². The van der Waals surface area contributed by atoms with E-state index in [0.717, 1.165) is 26.2 Å². The van der Waals surface area contributed by atoms with Crippen molar-refractivity contribution in [2.24, 2.45) is 5.41 Å². The van der Waals surface area contributed by atoms with E-state index in [-0.39, 0.29) is 12.0 Å². The van der Waals surface area contributed by atoms with Gasteiger partial charge < -0.3 is 10.4 Å². The van der Waals surface area contributed by atoms with Crippen molar-refractivity contribution in [2.45, 2.75) is 38.6 Å². The molecule has 2 rings (SSSR count). The Kier molecular flexibility index (Phi) is 2.97. The minimum absolute atomic E-state index is 0.0949. The highest BCUT2D eigenvalue weighted by Crippen LogP contribution is 2.35. The molecule has 0 aliphatic carbocycles. The number of rotatable bonds is 3. The molecule has 2 N–H and O–H groups in total. The monoisotopic (exact) mass is 226 g/mol. The van der Waals surface area contributed by atoms with E-state index in [0.29, 0.717) is 5.41 Å². The summed E-state index contributed by atoms with van der Waals surface area (Å²) in [4.78, 5) is 13.3. The summed E-state index contributed by atoms with van der Waals surface area (Å²) in [6.07, 6.45) is 2.63. The zero-order valence-electron chi connectivity index (χ0n) is 10.3. The van der Waals surface area contributed by atoms with Gasteiger partial charge in [0.1, 0.15) is 0 Å². The summed E-state index contributed by atoms with van der Waals surface area (Å²) in [5.41, 5.74) is 0.334. The quantitative estimate of drug-likeness (QED) is 0.751. The van der Waals surface area contributed by atoms with Crippen molar-refractivity contribution in [2.75, 3.05) is 26.2 Å². The third-order valence-electron chi connectivity index (χ3n) is 4.18. The fraction of sp³-hybridized carbons (Fsp3) is 0.917. The van der Waals surface area contributed by atoms with Crippen molar-refractivity contribution in [3.05, 3.63) is 0 Å². The Bertz CT molecular complexity index is 275. The molecule has 2 aliphatic rings. The largest absolute Gasteiger partial charge is 0.481 e. The molecule has 0 aromatic heterocycles.